The average molecular weight is 266 g/mol. The molecule has 0 rings (SSSR count). The van der Waals surface area contributed by atoms with Gasteiger partial charge in [0.1, 0.15) is 0 Å². The third-order valence-corrected chi connectivity index (χ3v) is 0. The van der Waals surface area contributed by atoms with Gasteiger partial charge in [0.15, 0.2) is 0 Å². The van der Waals surface area contributed by atoms with Crippen molar-refractivity contribution in [3.05, 3.63) is 0 Å². The zero-order valence-corrected chi connectivity index (χ0v) is 11.7. The summed E-state index contributed by atoms with van der Waals surface area (Å²) in [6.45, 7) is 0. The van der Waals surface area contributed by atoms with Crippen LogP contribution in [0.5, 0.6) is 0 Å². The fourth-order valence-corrected chi connectivity index (χ4v) is 0. The Kier molecular flexibility index (Phi) is 142. The Morgan fingerprint density at radius 1 is 0.692 bits per heavy atom. The predicted molar refractivity (Wildman–Crippen MR) is 18.0 cm³/mol. The molecule has 8 nitrogen and oxygen atoms in total. The van der Waals surface area contributed by atoms with Crippen molar-refractivity contribution in [2.75, 3.05) is 0 Å². The second kappa shape index (κ2) is 38.2. The van der Waals surface area contributed by atoms with Crippen molar-refractivity contribution in [2.45, 2.75) is 0 Å². The molecule has 0 spiro atoms. The van der Waals surface area contributed by atoms with E-state index in [4.69, 9.17) is 30.0 Å². The topological polar surface area (TPSA) is 189 Å². The third kappa shape index (κ3) is 1630. The summed E-state index contributed by atoms with van der Waals surface area (Å²) < 4.78 is 0. The molecule has 0 aliphatic rings. The van der Waals surface area contributed by atoms with Gasteiger partial charge in [0.05, 0.1) is 0 Å². The van der Waals surface area contributed by atoms with E-state index in [9.17, 15) is 0 Å². The summed E-state index contributed by atoms with van der Waals surface area (Å²) in [5.74, 6) is 0. The molecule has 0 unspecified atom stereocenters. The van der Waals surface area contributed by atoms with Gasteiger partial charge in [-0.1, -0.05) is 0 Å². The number of hydrogen-bond donors (Lipinski definition) is 0. The van der Waals surface area contributed by atoms with Crippen molar-refractivity contribution in [3.63, 3.8) is 0 Å². The number of carbonyl (C=O) groups excluding carboxylic acids is 2. The summed E-state index contributed by atoms with van der Waals surface area (Å²) >= 11 is 0. The Morgan fingerprint density at radius 3 is 0.692 bits per heavy atom. The Bertz CT molecular complexity index is 78.1. The molecule has 0 heterocycles. The van der Waals surface area contributed by atoms with Crippen molar-refractivity contribution in [3.8, 4) is 0 Å². The molecular formula is C2H4CuNa2O8. The van der Waals surface area contributed by atoms with Gasteiger partial charge in [0.2, 0.25) is 0 Å². The van der Waals surface area contributed by atoms with Gasteiger partial charge in [-0.2, -0.15) is 0 Å². The van der Waals surface area contributed by atoms with Gasteiger partial charge in [-0.15, -0.1) is 0 Å². The maximum absolute atomic E-state index is 8.33. The zero-order chi connectivity index (χ0) is 7.15. The van der Waals surface area contributed by atoms with Crippen LogP contribution in [0.25, 0.3) is 0 Å². The van der Waals surface area contributed by atoms with Crippen LogP contribution >= 0.6 is 0 Å². The number of hydrogen-bond acceptors (Lipinski definition) is 6. The summed E-state index contributed by atoms with van der Waals surface area (Å²) in [6, 6.07) is 0. The molecule has 0 aliphatic heterocycles. The van der Waals surface area contributed by atoms with E-state index in [0.29, 0.717) is 0 Å². The van der Waals surface area contributed by atoms with E-state index >= 15 is 0 Å². The molecule has 0 saturated heterocycles. The van der Waals surface area contributed by atoms with Crippen LogP contribution in [0.3, 0.4) is 0 Å². The van der Waals surface area contributed by atoms with E-state index in [1.54, 1.807) is 0 Å². The molecule has 0 aromatic carbocycles. The minimum absolute atomic E-state index is 0. The average Bonchev–Trinajstić information content (AvgIpc) is 1.25. The van der Waals surface area contributed by atoms with Gasteiger partial charge < -0.3 is 41.0 Å². The van der Waals surface area contributed by atoms with Crippen molar-refractivity contribution >= 4 is 12.3 Å². The molecular weight excluding hydrogens is 262 g/mol. The Morgan fingerprint density at radius 2 is 0.692 bits per heavy atom. The predicted octanol–water partition coefficient (Wildman–Crippen LogP) is -12.5. The van der Waals surface area contributed by atoms with Crippen LogP contribution in [0.1, 0.15) is 0 Å². The third-order valence-electron chi connectivity index (χ3n) is 0. The molecule has 1 radical (unpaired) electrons. The molecule has 0 saturated carbocycles. The van der Waals surface area contributed by atoms with Crippen molar-refractivity contribution in [1.29, 1.82) is 0 Å². The second-order valence-corrected chi connectivity index (χ2v) is 0.500. The Balaban J connectivity index is -0.00000000800. The normalized spacial score (nSPS) is 3.69. The van der Waals surface area contributed by atoms with Crippen LogP contribution in [0.15, 0.2) is 0 Å². The quantitative estimate of drug-likeness (QED) is 0.390. The van der Waals surface area contributed by atoms with Crippen LogP contribution in [0, 0.1) is 0 Å². The molecule has 0 atom stereocenters. The Hall–Kier alpha value is 0.979. The molecule has 11 heteroatoms. The minimum atomic E-state index is -2.33. The summed E-state index contributed by atoms with van der Waals surface area (Å²) in [7, 11) is 0. The second-order valence-electron chi connectivity index (χ2n) is 0.500. The molecule has 4 N–H and O–H groups in total. The van der Waals surface area contributed by atoms with E-state index in [-0.39, 0.29) is 87.1 Å². The first kappa shape index (κ1) is 48.3. The van der Waals surface area contributed by atoms with Gasteiger partial charge in [0.25, 0.3) is 0 Å². The first-order valence-electron chi connectivity index (χ1n) is 1.22. The molecule has 13 heavy (non-hydrogen) atoms. The van der Waals surface area contributed by atoms with Gasteiger partial charge in [-0.05, 0) is 12.3 Å². The molecule has 0 aromatic heterocycles. The molecule has 0 bridgehead atoms. The minimum Gasteiger partial charge on any atom is -0.652 e. The van der Waals surface area contributed by atoms with E-state index < -0.39 is 12.3 Å². The van der Waals surface area contributed by atoms with Crippen LogP contribution in [-0.4, -0.2) is 23.3 Å². The first-order valence-corrected chi connectivity index (χ1v) is 1.22. The summed E-state index contributed by atoms with van der Waals surface area (Å²) in [5, 5.41) is 33.3. The Labute approximate surface area is 128 Å². The fourth-order valence-electron chi connectivity index (χ4n) is 0. The summed E-state index contributed by atoms with van der Waals surface area (Å²) in [5.41, 5.74) is 0. The van der Waals surface area contributed by atoms with E-state index in [0.717, 1.165) is 0 Å². The number of carboxylic acid groups (broad SMARTS) is 4. The molecule has 0 amide bonds. The van der Waals surface area contributed by atoms with Crippen molar-refractivity contribution in [2.24, 2.45) is 0 Å². The largest absolute Gasteiger partial charge is 2.00 e. The van der Waals surface area contributed by atoms with Crippen LogP contribution in [-0.2, 0) is 17.1 Å². The maximum atomic E-state index is 8.33. The van der Waals surface area contributed by atoms with Crippen LogP contribution < -0.4 is 79.5 Å². The van der Waals surface area contributed by atoms with E-state index in [1.807, 2.05) is 0 Å². The molecule has 0 aliphatic carbocycles. The number of rotatable bonds is 0. The molecule has 73 valence electrons. The monoisotopic (exact) mass is 265 g/mol. The van der Waals surface area contributed by atoms with Crippen LogP contribution in [0.2, 0.25) is 0 Å². The van der Waals surface area contributed by atoms with Crippen molar-refractivity contribution < 1.29 is 117 Å². The zero-order valence-electron chi connectivity index (χ0n) is 6.75. The van der Waals surface area contributed by atoms with E-state index in [1.165, 1.54) is 0 Å². The van der Waals surface area contributed by atoms with Crippen molar-refractivity contribution in [1.82, 2.24) is 0 Å². The first-order chi connectivity index (χ1) is 3.46. The number of carbonyl (C=O) groups is 2. The van der Waals surface area contributed by atoms with Gasteiger partial charge >= 0.3 is 76.2 Å². The maximum Gasteiger partial charge on any atom is 2.00 e. The summed E-state index contributed by atoms with van der Waals surface area (Å²) in [6.07, 6.45) is -4.67. The summed E-state index contributed by atoms with van der Waals surface area (Å²) in [4.78, 5) is 16.7. The molecule has 0 fully saturated rings. The standard InChI is InChI=1S/2CH2O3.Cu.2Na.2H2O/c2*2-1(3)4;;;;;/h2*(H2,2,3,4);;;;2*1H2/q;;+2;2*+1;;/p-4. The van der Waals surface area contributed by atoms with Gasteiger partial charge in [-0.25, -0.2) is 0 Å². The fraction of sp³-hybridized carbons (Fsp3) is 0. The van der Waals surface area contributed by atoms with Gasteiger partial charge in [-0.3, -0.25) is 0 Å². The van der Waals surface area contributed by atoms with Crippen LogP contribution in [0.4, 0.5) is 9.59 Å². The smallest absolute Gasteiger partial charge is 0.652 e. The van der Waals surface area contributed by atoms with Gasteiger partial charge in [0, 0.05) is 0 Å². The van der Waals surface area contributed by atoms with E-state index in [2.05, 4.69) is 0 Å². The molecule has 0 aromatic rings. The SMILES string of the molecule is O.O.O=C([O-])[O-].O=C([O-])[O-].[Cu+2].[Na+].[Na+].